The van der Waals surface area contributed by atoms with Crippen LogP contribution in [0.15, 0.2) is 48.5 Å². The van der Waals surface area contributed by atoms with Gasteiger partial charge in [0.2, 0.25) is 5.91 Å². The highest BCUT2D eigenvalue weighted by Crippen LogP contribution is 2.27. The number of benzene rings is 2. The summed E-state index contributed by atoms with van der Waals surface area (Å²) in [5.74, 6) is -1.74. The van der Waals surface area contributed by atoms with Gasteiger partial charge in [-0.2, -0.15) is 0 Å². The van der Waals surface area contributed by atoms with Crippen LogP contribution in [0.2, 0.25) is 0 Å². The van der Waals surface area contributed by atoms with Crippen LogP contribution in [-0.4, -0.2) is 28.7 Å². The van der Waals surface area contributed by atoms with E-state index in [-0.39, 0.29) is 5.92 Å². The summed E-state index contributed by atoms with van der Waals surface area (Å²) in [5, 5.41) is 2.67. The molecule has 0 bridgehead atoms. The van der Waals surface area contributed by atoms with Crippen LogP contribution >= 0.6 is 0 Å². The zero-order chi connectivity index (χ0) is 18.8. The van der Waals surface area contributed by atoms with E-state index in [2.05, 4.69) is 5.32 Å². The number of halogens is 1. The third-order valence-electron chi connectivity index (χ3n) is 4.25. The summed E-state index contributed by atoms with van der Waals surface area (Å²) < 4.78 is 13.0. The van der Waals surface area contributed by atoms with Crippen molar-refractivity contribution in [3.05, 3.63) is 65.5 Å². The minimum atomic E-state index is -0.938. The number of nitrogens with one attached hydrogen (secondary N) is 1. The fourth-order valence-corrected chi connectivity index (χ4v) is 3.03. The standard InChI is InChI=1S/C20H19FN2O3/c1-12(2)11-17(18(24)22-14-9-7-13(21)8-10-14)23-19(25)15-5-3-4-6-16(15)20(23)26/h3-10,12,17H,11H2,1-2H3,(H,22,24)/t17-/m0/s1. The van der Waals surface area contributed by atoms with E-state index >= 15 is 0 Å². The Morgan fingerprint density at radius 3 is 2.04 bits per heavy atom. The summed E-state index contributed by atoms with van der Waals surface area (Å²) in [5.41, 5.74) is 1.02. The number of rotatable bonds is 5. The van der Waals surface area contributed by atoms with Gasteiger partial charge >= 0.3 is 0 Å². The summed E-state index contributed by atoms with van der Waals surface area (Å²) in [6, 6.07) is 10.9. The Morgan fingerprint density at radius 1 is 1.00 bits per heavy atom. The molecule has 2 aromatic carbocycles. The Labute approximate surface area is 150 Å². The average molecular weight is 354 g/mol. The molecule has 2 aromatic rings. The molecule has 1 heterocycles. The first kappa shape index (κ1) is 17.8. The minimum Gasteiger partial charge on any atom is -0.324 e. The fourth-order valence-electron chi connectivity index (χ4n) is 3.03. The van der Waals surface area contributed by atoms with Gasteiger partial charge in [-0.1, -0.05) is 26.0 Å². The topological polar surface area (TPSA) is 66.5 Å². The monoisotopic (exact) mass is 354 g/mol. The molecule has 1 atom stereocenters. The number of imide groups is 1. The van der Waals surface area contributed by atoms with Crippen LogP contribution < -0.4 is 5.32 Å². The van der Waals surface area contributed by atoms with Crippen LogP contribution in [0.5, 0.6) is 0 Å². The van der Waals surface area contributed by atoms with E-state index in [4.69, 9.17) is 0 Å². The second kappa shape index (κ2) is 7.07. The molecular formula is C20H19FN2O3. The van der Waals surface area contributed by atoms with Gasteiger partial charge in [-0.05, 0) is 48.7 Å². The van der Waals surface area contributed by atoms with Gasteiger partial charge in [0, 0.05) is 5.69 Å². The van der Waals surface area contributed by atoms with Crippen LogP contribution in [0, 0.1) is 11.7 Å². The molecule has 26 heavy (non-hydrogen) atoms. The molecule has 134 valence electrons. The SMILES string of the molecule is CC(C)C[C@@H](C(=O)Nc1ccc(F)cc1)N1C(=O)c2ccccc2C1=O. The quantitative estimate of drug-likeness (QED) is 0.836. The number of amides is 3. The van der Waals surface area contributed by atoms with Crippen molar-refractivity contribution in [2.24, 2.45) is 5.92 Å². The maximum Gasteiger partial charge on any atom is 0.262 e. The molecule has 0 saturated carbocycles. The molecular weight excluding hydrogens is 335 g/mol. The van der Waals surface area contributed by atoms with Crippen LogP contribution in [0.3, 0.4) is 0 Å². The molecule has 0 radical (unpaired) electrons. The van der Waals surface area contributed by atoms with Crippen LogP contribution in [0.1, 0.15) is 41.0 Å². The van der Waals surface area contributed by atoms with E-state index < -0.39 is 29.6 Å². The number of fused-ring (bicyclic) bond motifs is 1. The van der Waals surface area contributed by atoms with E-state index in [9.17, 15) is 18.8 Å². The molecule has 0 unspecified atom stereocenters. The van der Waals surface area contributed by atoms with Crippen LogP contribution in [0.4, 0.5) is 10.1 Å². The molecule has 0 fully saturated rings. The van der Waals surface area contributed by atoms with Gasteiger partial charge in [-0.3, -0.25) is 19.3 Å². The number of hydrogen-bond donors (Lipinski definition) is 1. The predicted molar refractivity (Wildman–Crippen MR) is 95.2 cm³/mol. The van der Waals surface area contributed by atoms with E-state index in [0.717, 1.165) is 4.90 Å². The van der Waals surface area contributed by atoms with Crippen molar-refractivity contribution in [1.82, 2.24) is 4.90 Å². The molecule has 1 N–H and O–H groups in total. The number of carbonyl (C=O) groups excluding carboxylic acids is 3. The van der Waals surface area contributed by atoms with E-state index in [0.29, 0.717) is 23.2 Å². The van der Waals surface area contributed by atoms with Crippen molar-refractivity contribution >= 4 is 23.4 Å². The van der Waals surface area contributed by atoms with E-state index in [1.54, 1.807) is 24.3 Å². The maximum absolute atomic E-state index is 13.0. The first-order valence-corrected chi connectivity index (χ1v) is 8.42. The molecule has 6 heteroatoms. The lowest BCUT2D eigenvalue weighted by atomic mass is 10.0. The lowest BCUT2D eigenvalue weighted by Crippen LogP contribution is -2.47. The first-order valence-electron chi connectivity index (χ1n) is 8.42. The molecule has 3 amide bonds. The second-order valence-electron chi connectivity index (χ2n) is 6.67. The van der Waals surface area contributed by atoms with Crippen LogP contribution in [0.25, 0.3) is 0 Å². The Hall–Kier alpha value is -3.02. The largest absolute Gasteiger partial charge is 0.324 e. The van der Waals surface area contributed by atoms with E-state index in [1.807, 2.05) is 13.8 Å². The minimum absolute atomic E-state index is 0.0864. The fraction of sp³-hybridized carbons (Fsp3) is 0.250. The zero-order valence-corrected chi connectivity index (χ0v) is 14.5. The van der Waals surface area contributed by atoms with E-state index in [1.165, 1.54) is 24.3 Å². The molecule has 0 spiro atoms. The van der Waals surface area contributed by atoms with Crippen LogP contribution in [-0.2, 0) is 4.79 Å². The van der Waals surface area contributed by atoms with Crippen molar-refractivity contribution in [3.63, 3.8) is 0 Å². The van der Waals surface area contributed by atoms with Crippen molar-refractivity contribution < 1.29 is 18.8 Å². The number of hydrogen-bond acceptors (Lipinski definition) is 3. The summed E-state index contributed by atoms with van der Waals surface area (Å²) in [6.45, 7) is 3.83. The highest BCUT2D eigenvalue weighted by atomic mass is 19.1. The normalized spacial score (nSPS) is 14.5. The molecule has 0 aromatic heterocycles. The lowest BCUT2D eigenvalue weighted by Gasteiger charge is -2.26. The van der Waals surface area contributed by atoms with Gasteiger partial charge in [0.05, 0.1) is 11.1 Å². The third kappa shape index (κ3) is 3.35. The molecule has 0 saturated heterocycles. The number of anilines is 1. The van der Waals surface area contributed by atoms with Gasteiger partial charge < -0.3 is 5.32 Å². The smallest absolute Gasteiger partial charge is 0.262 e. The Bertz CT molecular complexity index is 827. The van der Waals surface area contributed by atoms with Crippen molar-refractivity contribution in [2.75, 3.05) is 5.32 Å². The molecule has 0 aliphatic carbocycles. The third-order valence-corrected chi connectivity index (χ3v) is 4.25. The second-order valence-corrected chi connectivity index (χ2v) is 6.67. The number of carbonyl (C=O) groups is 3. The van der Waals surface area contributed by atoms with Gasteiger partial charge in [-0.25, -0.2) is 4.39 Å². The van der Waals surface area contributed by atoms with Crippen molar-refractivity contribution in [3.8, 4) is 0 Å². The molecule has 3 rings (SSSR count). The van der Waals surface area contributed by atoms with Crippen molar-refractivity contribution in [1.29, 1.82) is 0 Å². The Morgan fingerprint density at radius 2 is 1.54 bits per heavy atom. The average Bonchev–Trinajstić information content (AvgIpc) is 2.86. The van der Waals surface area contributed by atoms with Gasteiger partial charge in [0.15, 0.2) is 0 Å². The van der Waals surface area contributed by atoms with Crippen molar-refractivity contribution in [2.45, 2.75) is 26.3 Å². The zero-order valence-electron chi connectivity index (χ0n) is 14.5. The van der Waals surface area contributed by atoms with Gasteiger partial charge in [-0.15, -0.1) is 0 Å². The Kier molecular flexibility index (Phi) is 4.84. The summed E-state index contributed by atoms with van der Waals surface area (Å²) in [6.07, 6.45) is 0.332. The maximum atomic E-state index is 13.0. The molecule has 5 nitrogen and oxygen atoms in total. The summed E-state index contributed by atoms with van der Waals surface area (Å²) >= 11 is 0. The predicted octanol–water partition coefficient (Wildman–Crippen LogP) is 3.48. The highest BCUT2D eigenvalue weighted by molar-refractivity contribution is 6.23. The van der Waals surface area contributed by atoms with Gasteiger partial charge in [0.25, 0.3) is 11.8 Å². The molecule has 1 aliphatic heterocycles. The first-order chi connectivity index (χ1) is 12.4. The lowest BCUT2D eigenvalue weighted by molar-refractivity contribution is -0.120. The van der Waals surface area contributed by atoms with Gasteiger partial charge in [0.1, 0.15) is 11.9 Å². The Balaban J connectivity index is 1.89. The molecule has 1 aliphatic rings. The number of nitrogens with zero attached hydrogens (tertiary/aromatic N) is 1. The highest BCUT2D eigenvalue weighted by Gasteiger charge is 2.42. The summed E-state index contributed by atoms with van der Waals surface area (Å²) in [4.78, 5) is 39.3. The summed E-state index contributed by atoms with van der Waals surface area (Å²) in [7, 11) is 0.